The fourth-order valence-corrected chi connectivity index (χ4v) is 1.27. The van der Waals surface area contributed by atoms with Crippen LogP contribution in [-0.4, -0.2) is 54.1 Å². The Bertz CT molecular complexity index is 582. The van der Waals surface area contributed by atoms with Crippen LogP contribution in [0.5, 0.6) is 0 Å². The number of nitrogens with zero attached hydrogens (tertiary/aromatic N) is 3. The zero-order valence-electron chi connectivity index (χ0n) is 7.74. The molecule has 0 fully saturated rings. The van der Waals surface area contributed by atoms with Crippen molar-refractivity contribution in [2.45, 2.75) is 0 Å². The molecule has 0 radical (unpaired) electrons. The van der Waals surface area contributed by atoms with Crippen LogP contribution in [0.4, 0.5) is 0 Å². The number of nitrogens with one attached hydrogen (secondary N) is 1. The Labute approximate surface area is 106 Å². The van der Waals surface area contributed by atoms with Gasteiger partial charge in [-0.05, 0) is 0 Å². The topological polar surface area (TPSA) is 104 Å². The number of aromatic nitrogens is 4. The van der Waals surface area contributed by atoms with Crippen LogP contribution in [0.15, 0.2) is 15.9 Å². The molecule has 0 bridgehead atoms. The van der Waals surface area contributed by atoms with Crippen molar-refractivity contribution < 1.29 is 5.48 Å². The number of rotatable bonds is 0. The molecule has 0 saturated carbocycles. The van der Waals surface area contributed by atoms with Gasteiger partial charge in [0.05, 0.1) is 6.33 Å². The number of aryl methyl sites for hydroxylation is 1. The standard InChI is InChI=1S/C7H8N4O2.Na.H2O.H/c1-10-5-4(8-3-9-5)6(12)11(2)7(10)13;;;/h3H,1-2H3,(H,8,9);;1H2;. The second-order valence-corrected chi connectivity index (χ2v) is 2.81. The molecule has 0 amide bonds. The van der Waals surface area contributed by atoms with E-state index in [0.29, 0.717) is 11.2 Å². The first kappa shape index (κ1) is 14.1. The maximum atomic E-state index is 11.4. The molecule has 0 aromatic carbocycles. The summed E-state index contributed by atoms with van der Waals surface area (Å²) in [6, 6.07) is 0. The molecule has 0 atom stereocenters. The molecule has 2 heterocycles. The van der Waals surface area contributed by atoms with Crippen molar-refractivity contribution in [3.05, 3.63) is 27.2 Å². The zero-order valence-corrected chi connectivity index (χ0v) is 7.74. The predicted octanol–water partition coefficient (Wildman–Crippen LogP) is -2.51. The summed E-state index contributed by atoms with van der Waals surface area (Å²) in [4.78, 5) is 29.4. The van der Waals surface area contributed by atoms with E-state index >= 15 is 0 Å². The number of hydrogen-bond acceptors (Lipinski definition) is 3. The van der Waals surface area contributed by atoms with E-state index in [0.717, 1.165) is 4.57 Å². The van der Waals surface area contributed by atoms with Crippen molar-refractivity contribution >= 4 is 40.7 Å². The van der Waals surface area contributed by atoms with E-state index in [2.05, 4.69) is 9.97 Å². The quantitative estimate of drug-likeness (QED) is 0.497. The second kappa shape index (κ2) is 4.75. The van der Waals surface area contributed by atoms with Gasteiger partial charge < -0.3 is 10.5 Å². The van der Waals surface area contributed by atoms with E-state index in [-0.39, 0.29) is 46.3 Å². The van der Waals surface area contributed by atoms with Crippen LogP contribution in [0.1, 0.15) is 0 Å². The summed E-state index contributed by atoms with van der Waals surface area (Å²) in [5.74, 6) is 0. The van der Waals surface area contributed by atoms with Gasteiger partial charge in [0.1, 0.15) is 5.52 Å². The van der Waals surface area contributed by atoms with Gasteiger partial charge in [-0.25, -0.2) is 9.78 Å². The fraction of sp³-hybridized carbons (Fsp3) is 0.286. The van der Waals surface area contributed by atoms with Gasteiger partial charge in [0.15, 0.2) is 5.65 Å². The summed E-state index contributed by atoms with van der Waals surface area (Å²) < 4.78 is 2.37. The Morgan fingerprint density at radius 1 is 1.27 bits per heavy atom. The summed E-state index contributed by atoms with van der Waals surface area (Å²) in [7, 11) is 3.01. The molecule has 2 aromatic rings. The minimum absolute atomic E-state index is 0. The molecule has 2 rings (SSSR count). The number of fused-ring (bicyclic) bond motifs is 1. The number of aromatic amines is 1. The third kappa shape index (κ3) is 1.91. The first-order valence-corrected chi connectivity index (χ1v) is 3.72. The molecule has 0 saturated heterocycles. The molecule has 7 nitrogen and oxygen atoms in total. The van der Waals surface area contributed by atoms with E-state index in [1.54, 1.807) is 7.05 Å². The van der Waals surface area contributed by atoms with Crippen LogP contribution >= 0.6 is 0 Å². The van der Waals surface area contributed by atoms with Gasteiger partial charge in [0.2, 0.25) is 0 Å². The van der Waals surface area contributed by atoms with Gasteiger partial charge in [-0.3, -0.25) is 13.9 Å². The van der Waals surface area contributed by atoms with Crippen molar-refractivity contribution in [2.75, 3.05) is 0 Å². The third-order valence-electron chi connectivity index (χ3n) is 2.03. The SMILES string of the molecule is Cn1c(=O)c2[nH]cnc2n(C)c1=O.O.[NaH]. The molecule has 0 spiro atoms. The van der Waals surface area contributed by atoms with Crippen LogP contribution in [0, 0.1) is 0 Å². The summed E-state index contributed by atoms with van der Waals surface area (Å²) in [5, 5.41) is 0. The molecular weight excluding hydrogens is 211 g/mol. The van der Waals surface area contributed by atoms with Crippen molar-refractivity contribution in [1.29, 1.82) is 0 Å². The van der Waals surface area contributed by atoms with Crippen LogP contribution < -0.4 is 11.2 Å². The number of H-pyrrole nitrogens is 1. The van der Waals surface area contributed by atoms with Gasteiger partial charge in [0.25, 0.3) is 5.56 Å². The van der Waals surface area contributed by atoms with Crippen molar-refractivity contribution in [3.63, 3.8) is 0 Å². The number of imidazole rings is 1. The predicted molar refractivity (Wildman–Crippen MR) is 57.3 cm³/mol. The van der Waals surface area contributed by atoms with Crippen LogP contribution in [0.3, 0.4) is 0 Å². The Hall–Kier alpha value is -0.890. The molecular formula is C7H11N4NaO3. The van der Waals surface area contributed by atoms with E-state index in [1.807, 2.05) is 0 Å². The van der Waals surface area contributed by atoms with Gasteiger partial charge in [-0.1, -0.05) is 0 Å². The fourth-order valence-electron chi connectivity index (χ4n) is 1.27. The molecule has 0 aliphatic heterocycles. The first-order chi connectivity index (χ1) is 6.13. The molecule has 2 aromatic heterocycles. The molecule has 0 unspecified atom stereocenters. The molecule has 15 heavy (non-hydrogen) atoms. The summed E-state index contributed by atoms with van der Waals surface area (Å²) in [5.41, 5.74) is 0.0119. The molecule has 3 N–H and O–H groups in total. The summed E-state index contributed by atoms with van der Waals surface area (Å²) in [6.45, 7) is 0. The molecule has 0 aliphatic carbocycles. The first-order valence-electron chi connectivity index (χ1n) is 3.72. The Kier molecular flexibility index (Phi) is 4.47. The molecule has 8 heteroatoms. The average molecular weight is 222 g/mol. The number of hydrogen-bond donors (Lipinski definition) is 1. The Balaban J connectivity index is 0.000000980. The van der Waals surface area contributed by atoms with Crippen LogP contribution in [0.25, 0.3) is 11.2 Å². The monoisotopic (exact) mass is 222 g/mol. The summed E-state index contributed by atoms with van der Waals surface area (Å²) >= 11 is 0. The maximum absolute atomic E-state index is 11.4. The summed E-state index contributed by atoms with van der Waals surface area (Å²) in [6.07, 6.45) is 1.39. The average Bonchev–Trinajstić information content (AvgIpc) is 2.59. The Morgan fingerprint density at radius 2 is 1.87 bits per heavy atom. The van der Waals surface area contributed by atoms with E-state index < -0.39 is 0 Å². The van der Waals surface area contributed by atoms with Crippen molar-refractivity contribution in [1.82, 2.24) is 19.1 Å². The van der Waals surface area contributed by atoms with Crippen molar-refractivity contribution in [2.24, 2.45) is 14.1 Å². The van der Waals surface area contributed by atoms with Gasteiger partial charge in [-0.2, -0.15) is 0 Å². The van der Waals surface area contributed by atoms with E-state index in [9.17, 15) is 9.59 Å². The molecule has 78 valence electrons. The molecule has 0 aliphatic rings. The third-order valence-corrected chi connectivity index (χ3v) is 2.03. The van der Waals surface area contributed by atoms with Gasteiger partial charge in [0, 0.05) is 14.1 Å². The van der Waals surface area contributed by atoms with Crippen LogP contribution in [0.2, 0.25) is 0 Å². The Morgan fingerprint density at radius 3 is 2.47 bits per heavy atom. The minimum atomic E-state index is -0.371. The van der Waals surface area contributed by atoms with Crippen LogP contribution in [-0.2, 0) is 14.1 Å². The van der Waals surface area contributed by atoms with E-state index in [1.165, 1.54) is 17.9 Å². The van der Waals surface area contributed by atoms with Crippen molar-refractivity contribution in [3.8, 4) is 0 Å². The second-order valence-electron chi connectivity index (χ2n) is 2.81. The van der Waals surface area contributed by atoms with E-state index in [4.69, 9.17) is 0 Å². The van der Waals surface area contributed by atoms with Gasteiger partial charge in [-0.15, -0.1) is 0 Å². The van der Waals surface area contributed by atoms with Gasteiger partial charge >= 0.3 is 35.2 Å². The zero-order chi connectivity index (χ0) is 9.59. The normalized spacial score (nSPS) is 9.47.